The van der Waals surface area contributed by atoms with Crippen molar-refractivity contribution >= 4 is 29.3 Å². The second-order valence-corrected chi connectivity index (χ2v) is 9.38. The highest BCUT2D eigenvalue weighted by Crippen LogP contribution is 2.31. The van der Waals surface area contributed by atoms with Crippen LogP contribution in [0, 0.1) is 12.8 Å². The minimum Gasteiger partial charge on any atom is -0.342 e. The Morgan fingerprint density at radius 1 is 1.06 bits per heavy atom. The van der Waals surface area contributed by atoms with E-state index in [1.807, 2.05) is 36.1 Å². The first-order chi connectivity index (χ1) is 17.0. The number of amides is 2. The number of nitrogens with one attached hydrogen (secondary N) is 3. The summed E-state index contributed by atoms with van der Waals surface area (Å²) in [5, 5.41) is 5.57. The van der Waals surface area contributed by atoms with Gasteiger partial charge in [-0.05, 0) is 49.3 Å². The Bertz CT molecular complexity index is 1300. The molecule has 0 radical (unpaired) electrons. The molecule has 0 spiro atoms. The van der Waals surface area contributed by atoms with Crippen molar-refractivity contribution in [2.24, 2.45) is 5.92 Å². The van der Waals surface area contributed by atoms with E-state index in [-0.39, 0.29) is 29.3 Å². The van der Waals surface area contributed by atoms with Crippen LogP contribution in [0.15, 0.2) is 59.4 Å². The van der Waals surface area contributed by atoms with E-state index in [9.17, 15) is 14.4 Å². The fourth-order valence-electron chi connectivity index (χ4n) is 4.96. The molecule has 0 saturated carbocycles. The number of aryl methyl sites for hydroxylation is 1. The van der Waals surface area contributed by atoms with Crippen LogP contribution in [0.25, 0.3) is 0 Å². The molecule has 35 heavy (non-hydrogen) atoms. The average molecular weight is 472 g/mol. The predicted molar refractivity (Wildman–Crippen MR) is 136 cm³/mol. The van der Waals surface area contributed by atoms with Gasteiger partial charge in [-0.15, -0.1) is 0 Å². The summed E-state index contributed by atoms with van der Waals surface area (Å²) >= 11 is 0. The van der Waals surface area contributed by atoms with Crippen LogP contribution in [0.2, 0.25) is 0 Å². The van der Waals surface area contributed by atoms with E-state index in [4.69, 9.17) is 0 Å². The maximum atomic E-state index is 13.1. The van der Waals surface area contributed by atoms with Crippen LogP contribution in [0.5, 0.6) is 0 Å². The lowest BCUT2D eigenvalue weighted by molar-refractivity contribution is -0.123. The number of aromatic amines is 1. The minimum absolute atomic E-state index is 0.0975. The third kappa shape index (κ3) is 4.96. The summed E-state index contributed by atoms with van der Waals surface area (Å²) < 4.78 is 0. The highest BCUT2D eigenvalue weighted by molar-refractivity contribution is 6.04. The number of anilines is 3. The van der Waals surface area contributed by atoms with Gasteiger partial charge in [0.2, 0.25) is 17.8 Å². The van der Waals surface area contributed by atoms with Gasteiger partial charge in [0, 0.05) is 25.2 Å². The maximum absolute atomic E-state index is 13.1. The van der Waals surface area contributed by atoms with Gasteiger partial charge in [0.25, 0.3) is 5.56 Å². The molecule has 0 aliphatic carbocycles. The Labute approximate surface area is 203 Å². The number of hydrogen-bond donors (Lipinski definition) is 3. The number of hydrogen-bond acceptors (Lipinski definition) is 5. The van der Waals surface area contributed by atoms with Gasteiger partial charge in [0.15, 0.2) is 0 Å². The largest absolute Gasteiger partial charge is 0.342 e. The second kappa shape index (κ2) is 9.74. The topological polar surface area (TPSA) is 107 Å². The molecule has 3 heterocycles. The normalized spacial score (nSPS) is 18.0. The summed E-state index contributed by atoms with van der Waals surface area (Å²) in [7, 11) is 0. The van der Waals surface area contributed by atoms with E-state index in [2.05, 4.69) is 44.9 Å². The van der Waals surface area contributed by atoms with Crippen LogP contribution in [-0.2, 0) is 16.0 Å². The molecular weight excluding hydrogens is 442 g/mol. The van der Waals surface area contributed by atoms with E-state index in [0.717, 1.165) is 37.9 Å². The summed E-state index contributed by atoms with van der Waals surface area (Å²) in [6.45, 7) is 3.43. The molecular formula is C27H29N5O3. The summed E-state index contributed by atoms with van der Waals surface area (Å²) in [6, 6.07) is 17.9. The monoisotopic (exact) mass is 471 g/mol. The molecule has 1 atom stereocenters. The number of piperidine rings is 1. The zero-order valence-electron chi connectivity index (χ0n) is 19.7. The van der Waals surface area contributed by atoms with Gasteiger partial charge in [-0.25, -0.2) is 0 Å². The maximum Gasteiger partial charge on any atom is 0.258 e. The first-order valence-electron chi connectivity index (χ1n) is 12.1. The molecule has 2 aromatic carbocycles. The van der Waals surface area contributed by atoms with Crippen LogP contribution in [-0.4, -0.2) is 34.9 Å². The standard InChI is InChI=1S/C27H29N5O3/c1-17-7-5-6-10-21(17)28-25(34)20-16-22(33)29-24-23(20)26(35)31-27(30-24)32-13-11-19(12-14-32)15-18-8-3-2-4-9-18/h2-10,19-20H,11-16H2,1H3,(H,28,34)(H2,29,30,31,33,35)/t20-/m0/s1. The third-order valence-electron chi connectivity index (χ3n) is 6.94. The quantitative estimate of drug-likeness (QED) is 0.527. The Morgan fingerprint density at radius 3 is 2.51 bits per heavy atom. The van der Waals surface area contributed by atoms with Gasteiger partial charge in [0.05, 0.1) is 11.5 Å². The average Bonchev–Trinajstić information content (AvgIpc) is 2.85. The molecule has 8 nitrogen and oxygen atoms in total. The number of fused-ring (bicyclic) bond motifs is 1. The van der Waals surface area contributed by atoms with Crippen molar-refractivity contribution in [1.82, 2.24) is 9.97 Å². The molecule has 0 bridgehead atoms. The van der Waals surface area contributed by atoms with Gasteiger partial charge in [-0.3, -0.25) is 19.4 Å². The molecule has 2 aliphatic heterocycles. The number of para-hydroxylation sites is 1. The van der Waals surface area contributed by atoms with E-state index in [1.54, 1.807) is 6.07 Å². The first-order valence-corrected chi connectivity index (χ1v) is 12.1. The Kier molecular flexibility index (Phi) is 6.35. The van der Waals surface area contributed by atoms with Crippen molar-refractivity contribution < 1.29 is 9.59 Å². The number of nitrogens with zero attached hydrogens (tertiary/aromatic N) is 2. The van der Waals surface area contributed by atoms with E-state index in [0.29, 0.717) is 17.6 Å². The molecule has 1 saturated heterocycles. The summed E-state index contributed by atoms with van der Waals surface area (Å²) in [6.07, 6.45) is 2.92. The Balaban J connectivity index is 1.32. The molecule has 180 valence electrons. The fraction of sp³-hybridized carbons (Fsp3) is 0.333. The van der Waals surface area contributed by atoms with Crippen LogP contribution in [0.4, 0.5) is 17.5 Å². The third-order valence-corrected chi connectivity index (χ3v) is 6.94. The number of rotatable bonds is 5. The Morgan fingerprint density at radius 2 is 1.77 bits per heavy atom. The van der Waals surface area contributed by atoms with Crippen molar-refractivity contribution in [1.29, 1.82) is 0 Å². The van der Waals surface area contributed by atoms with Gasteiger partial charge < -0.3 is 15.5 Å². The summed E-state index contributed by atoms with van der Waals surface area (Å²) in [5.74, 6) is -0.429. The van der Waals surface area contributed by atoms with Crippen LogP contribution < -0.4 is 21.1 Å². The summed E-state index contributed by atoms with van der Waals surface area (Å²) in [5.41, 5.74) is 2.72. The molecule has 2 aliphatic rings. The first kappa shape index (κ1) is 22.8. The molecule has 3 N–H and O–H groups in total. The van der Waals surface area contributed by atoms with Crippen molar-refractivity contribution in [2.75, 3.05) is 28.6 Å². The zero-order chi connectivity index (χ0) is 24.4. The summed E-state index contributed by atoms with van der Waals surface area (Å²) in [4.78, 5) is 48.1. The van der Waals surface area contributed by atoms with Crippen molar-refractivity contribution in [2.45, 2.75) is 38.5 Å². The van der Waals surface area contributed by atoms with E-state index in [1.165, 1.54) is 5.56 Å². The lowest BCUT2D eigenvalue weighted by Gasteiger charge is -2.33. The van der Waals surface area contributed by atoms with Crippen LogP contribution >= 0.6 is 0 Å². The number of aromatic nitrogens is 2. The minimum atomic E-state index is -0.903. The molecule has 5 rings (SSSR count). The van der Waals surface area contributed by atoms with Crippen molar-refractivity contribution in [3.63, 3.8) is 0 Å². The molecule has 8 heteroatoms. The van der Waals surface area contributed by atoms with Crippen molar-refractivity contribution in [3.8, 4) is 0 Å². The fourth-order valence-corrected chi connectivity index (χ4v) is 4.96. The predicted octanol–water partition coefficient (Wildman–Crippen LogP) is 3.60. The number of carbonyl (C=O) groups is 2. The highest BCUT2D eigenvalue weighted by Gasteiger charge is 2.35. The van der Waals surface area contributed by atoms with Gasteiger partial charge in [-0.2, -0.15) is 4.98 Å². The van der Waals surface area contributed by atoms with E-state index < -0.39 is 11.8 Å². The van der Waals surface area contributed by atoms with Crippen LogP contribution in [0.3, 0.4) is 0 Å². The van der Waals surface area contributed by atoms with Crippen molar-refractivity contribution in [3.05, 3.63) is 81.6 Å². The smallest absolute Gasteiger partial charge is 0.258 e. The number of H-pyrrole nitrogens is 1. The second-order valence-electron chi connectivity index (χ2n) is 9.38. The SMILES string of the molecule is Cc1ccccc1NC(=O)[C@H]1CC(=O)Nc2nc(N3CCC(Cc4ccccc4)CC3)[nH]c(=O)c21. The van der Waals surface area contributed by atoms with Gasteiger partial charge in [0.1, 0.15) is 5.82 Å². The Hall–Kier alpha value is -3.94. The molecule has 1 fully saturated rings. The molecule has 0 unspecified atom stereocenters. The number of carbonyl (C=O) groups excluding carboxylic acids is 2. The van der Waals surface area contributed by atoms with Gasteiger partial charge >= 0.3 is 0 Å². The van der Waals surface area contributed by atoms with Crippen LogP contribution in [0.1, 0.15) is 41.9 Å². The molecule has 1 aromatic heterocycles. The molecule has 2 amide bonds. The lowest BCUT2D eigenvalue weighted by Crippen LogP contribution is -2.40. The molecule has 3 aromatic rings. The van der Waals surface area contributed by atoms with E-state index >= 15 is 0 Å². The van der Waals surface area contributed by atoms with Gasteiger partial charge in [-0.1, -0.05) is 48.5 Å². The zero-order valence-corrected chi connectivity index (χ0v) is 19.7. The lowest BCUT2D eigenvalue weighted by atomic mass is 9.90. The highest BCUT2D eigenvalue weighted by atomic mass is 16.2. The number of benzene rings is 2.